The minimum atomic E-state index is -0.984. The summed E-state index contributed by atoms with van der Waals surface area (Å²) < 4.78 is 25.8. The van der Waals surface area contributed by atoms with E-state index < -0.39 is 17.7 Å². The van der Waals surface area contributed by atoms with Crippen molar-refractivity contribution < 1.29 is 19.0 Å². The number of rotatable bonds is 3. The highest BCUT2D eigenvalue weighted by Crippen LogP contribution is 2.22. The van der Waals surface area contributed by atoms with Crippen molar-refractivity contribution in [2.75, 3.05) is 0 Å². The van der Waals surface area contributed by atoms with Crippen molar-refractivity contribution in [2.45, 2.75) is 12.5 Å². The quantitative estimate of drug-likeness (QED) is 0.879. The number of benzene rings is 2. The normalized spacial score (nSPS) is 12.4. The summed E-state index contributed by atoms with van der Waals surface area (Å²) in [5, 5.41) is 19.2. The first-order valence-corrected chi connectivity index (χ1v) is 5.47. The van der Waals surface area contributed by atoms with Crippen molar-refractivity contribution in [1.82, 2.24) is 0 Å². The molecule has 0 saturated carbocycles. The Morgan fingerprint density at radius 2 is 1.78 bits per heavy atom. The maximum atomic E-state index is 13.0. The summed E-state index contributed by atoms with van der Waals surface area (Å²) in [7, 11) is 0. The molecule has 2 aromatic rings. The van der Waals surface area contributed by atoms with E-state index in [1.807, 2.05) is 0 Å². The van der Waals surface area contributed by atoms with Crippen LogP contribution < -0.4 is 0 Å². The Labute approximate surface area is 103 Å². The summed E-state index contributed by atoms with van der Waals surface area (Å²) in [5.41, 5.74) is 1.02. The molecular formula is C14H12F2O2. The van der Waals surface area contributed by atoms with Gasteiger partial charge >= 0.3 is 0 Å². The molecular weight excluding hydrogens is 238 g/mol. The number of phenols is 1. The zero-order valence-corrected chi connectivity index (χ0v) is 9.48. The molecule has 0 heterocycles. The van der Waals surface area contributed by atoms with Crippen molar-refractivity contribution in [2.24, 2.45) is 0 Å². The predicted octanol–water partition coefficient (Wildman–Crippen LogP) is 2.95. The van der Waals surface area contributed by atoms with Crippen LogP contribution in [-0.4, -0.2) is 10.2 Å². The average Bonchev–Trinajstić information content (AvgIpc) is 2.32. The van der Waals surface area contributed by atoms with E-state index >= 15 is 0 Å². The van der Waals surface area contributed by atoms with Crippen LogP contribution in [0.1, 0.15) is 17.2 Å². The van der Waals surface area contributed by atoms with E-state index in [4.69, 9.17) is 0 Å². The Morgan fingerprint density at radius 3 is 2.44 bits per heavy atom. The van der Waals surface area contributed by atoms with Gasteiger partial charge in [0.25, 0.3) is 0 Å². The minimum absolute atomic E-state index is 0.102. The van der Waals surface area contributed by atoms with E-state index in [9.17, 15) is 19.0 Å². The number of aliphatic hydroxyl groups excluding tert-OH is 1. The van der Waals surface area contributed by atoms with Gasteiger partial charge in [-0.25, -0.2) is 8.78 Å². The van der Waals surface area contributed by atoms with Gasteiger partial charge in [-0.3, -0.25) is 0 Å². The monoisotopic (exact) mass is 250 g/mol. The van der Waals surface area contributed by atoms with E-state index in [1.165, 1.54) is 18.2 Å². The summed E-state index contributed by atoms with van der Waals surface area (Å²) in [5.74, 6) is -1.82. The van der Waals surface area contributed by atoms with E-state index in [2.05, 4.69) is 0 Å². The van der Waals surface area contributed by atoms with Crippen molar-refractivity contribution in [3.05, 3.63) is 65.2 Å². The van der Waals surface area contributed by atoms with Crippen LogP contribution in [0.25, 0.3) is 0 Å². The lowest BCUT2D eigenvalue weighted by Gasteiger charge is -2.11. The Bertz CT molecular complexity index is 555. The first-order chi connectivity index (χ1) is 8.56. The maximum Gasteiger partial charge on any atom is 0.159 e. The summed E-state index contributed by atoms with van der Waals surface area (Å²) in [6.45, 7) is 0. The zero-order valence-electron chi connectivity index (χ0n) is 9.48. The zero-order chi connectivity index (χ0) is 13.1. The number of hydrogen-bond acceptors (Lipinski definition) is 2. The minimum Gasteiger partial charge on any atom is -0.508 e. The molecule has 94 valence electrons. The van der Waals surface area contributed by atoms with Gasteiger partial charge in [-0.2, -0.15) is 0 Å². The van der Waals surface area contributed by atoms with Crippen LogP contribution in [0, 0.1) is 11.6 Å². The van der Waals surface area contributed by atoms with Crippen LogP contribution in [0.15, 0.2) is 42.5 Å². The second-order valence-corrected chi connectivity index (χ2v) is 4.06. The molecule has 0 fully saturated rings. The number of aliphatic hydroxyl groups is 1. The highest BCUT2D eigenvalue weighted by Gasteiger charge is 2.11. The van der Waals surface area contributed by atoms with Crippen molar-refractivity contribution >= 4 is 0 Å². The van der Waals surface area contributed by atoms with Gasteiger partial charge in [0.15, 0.2) is 11.6 Å². The SMILES string of the molecule is Oc1cccc(CC(O)c2ccc(F)c(F)c2)c1. The molecule has 0 amide bonds. The standard InChI is InChI=1S/C14H12F2O2/c15-12-5-4-10(8-13(12)16)14(18)7-9-2-1-3-11(17)6-9/h1-6,8,14,17-18H,7H2. The van der Waals surface area contributed by atoms with Crippen LogP contribution in [0.4, 0.5) is 8.78 Å². The molecule has 18 heavy (non-hydrogen) atoms. The molecule has 2 aromatic carbocycles. The Kier molecular flexibility index (Phi) is 3.58. The van der Waals surface area contributed by atoms with Gasteiger partial charge in [-0.15, -0.1) is 0 Å². The summed E-state index contributed by atoms with van der Waals surface area (Å²) in [6.07, 6.45) is -0.721. The first-order valence-electron chi connectivity index (χ1n) is 5.47. The van der Waals surface area contributed by atoms with Gasteiger partial charge in [0, 0.05) is 6.42 Å². The van der Waals surface area contributed by atoms with E-state index in [0.29, 0.717) is 11.1 Å². The van der Waals surface area contributed by atoms with Crippen molar-refractivity contribution in [1.29, 1.82) is 0 Å². The number of hydrogen-bond donors (Lipinski definition) is 2. The third kappa shape index (κ3) is 2.84. The van der Waals surface area contributed by atoms with Crippen molar-refractivity contribution in [3.63, 3.8) is 0 Å². The van der Waals surface area contributed by atoms with Gasteiger partial charge in [0.1, 0.15) is 5.75 Å². The molecule has 2 N–H and O–H groups in total. The number of aromatic hydroxyl groups is 1. The fraction of sp³-hybridized carbons (Fsp3) is 0.143. The fourth-order valence-corrected chi connectivity index (χ4v) is 1.74. The topological polar surface area (TPSA) is 40.5 Å². The molecule has 1 unspecified atom stereocenters. The molecule has 0 bridgehead atoms. The van der Waals surface area contributed by atoms with E-state index in [0.717, 1.165) is 12.1 Å². The lowest BCUT2D eigenvalue weighted by Crippen LogP contribution is -2.02. The molecule has 2 nitrogen and oxygen atoms in total. The van der Waals surface area contributed by atoms with Crippen LogP contribution in [0.2, 0.25) is 0 Å². The predicted molar refractivity (Wildman–Crippen MR) is 63.1 cm³/mol. The summed E-state index contributed by atoms with van der Waals surface area (Å²) in [6, 6.07) is 9.73. The molecule has 0 aromatic heterocycles. The van der Waals surface area contributed by atoms with Crippen molar-refractivity contribution in [3.8, 4) is 5.75 Å². The van der Waals surface area contributed by atoms with Gasteiger partial charge in [0.2, 0.25) is 0 Å². The first kappa shape index (κ1) is 12.5. The van der Waals surface area contributed by atoms with Crippen LogP contribution in [0.3, 0.4) is 0 Å². The fourth-order valence-electron chi connectivity index (χ4n) is 1.74. The molecule has 4 heteroatoms. The maximum absolute atomic E-state index is 13.0. The second-order valence-electron chi connectivity index (χ2n) is 4.06. The van der Waals surface area contributed by atoms with Gasteiger partial charge in [0.05, 0.1) is 6.10 Å². The molecule has 1 atom stereocenters. The second kappa shape index (κ2) is 5.14. The number of phenolic OH excluding ortho intramolecular Hbond substituents is 1. The third-order valence-corrected chi connectivity index (χ3v) is 2.67. The largest absolute Gasteiger partial charge is 0.508 e. The molecule has 0 spiro atoms. The van der Waals surface area contributed by atoms with E-state index in [-0.39, 0.29) is 12.2 Å². The molecule has 0 aliphatic heterocycles. The Balaban J connectivity index is 2.16. The number of halogens is 2. The van der Waals surface area contributed by atoms with Crippen LogP contribution in [0.5, 0.6) is 5.75 Å². The molecule has 0 radical (unpaired) electrons. The molecule has 0 aliphatic rings. The van der Waals surface area contributed by atoms with Gasteiger partial charge in [-0.1, -0.05) is 18.2 Å². The van der Waals surface area contributed by atoms with Gasteiger partial charge < -0.3 is 10.2 Å². The Hall–Kier alpha value is -1.94. The average molecular weight is 250 g/mol. The highest BCUT2D eigenvalue weighted by atomic mass is 19.2. The highest BCUT2D eigenvalue weighted by molar-refractivity contribution is 5.29. The van der Waals surface area contributed by atoms with E-state index in [1.54, 1.807) is 12.1 Å². The summed E-state index contributed by atoms with van der Waals surface area (Å²) >= 11 is 0. The molecule has 0 aliphatic carbocycles. The Morgan fingerprint density at radius 1 is 1.00 bits per heavy atom. The smallest absolute Gasteiger partial charge is 0.159 e. The molecule has 0 saturated heterocycles. The van der Waals surface area contributed by atoms with Gasteiger partial charge in [-0.05, 0) is 35.4 Å². The lowest BCUT2D eigenvalue weighted by atomic mass is 10.0. The summed E-state index contributed by atoms with van der Waals surface area (Å²) in [4.78, 5) is 0. The van der Waals surface area contributed by atoms with Crippen LogP contribution in [-0.2, 0) is 6.42 Å². The third-order valence-electron chi connectivity index (χ3n) is 2.67. The van der Waals surface area contributed by atoms with Crippen LogP contribution >= 0.6 is 0 Å². The lowest BCUT2D eigenvalue weighted by molar-refractivity contribution is 0.177. The molecule has 2 rings (SSSR count).